The first-order chi connectivity index (χ1) is 8.33. The molecule has 0 aliphatic rings. The predicted molar refractivity (Wildman–Crippen MR) is 72.2 cm³/mol. The molecule has 2 N–H and O–H groups in total. The van der Waals surface area contributed by atoms with Gasteiger partial charge in [-0.3, -0.25) is 0 Å². The van der Waals surface area contributed by atoms with E-state index >= 15 is 0 Å². The normalized spacial score (nSPS) is 9.94. The number of hydrogen-bond acceptors (Lipinski definition) is 1. The van der Waals surface area contributed by atoms with Gasteiger partial charge in [-0.15, -0.1) is 0 Å². The van der Waals surface area contributed by atoms with Crippen molar-refractivity contribution in [3.63, 3.8) is 0 Å². The Morgan fingerprint density at radius 1 is 1.06 bits per heavy atom. The molecule has 0 aliphatic heterocycles. The third kappa shape index (κ3) is 6.61. The number of urea groups is 1. The van der Waals surface area contributed by atoms with Crippen LogP contribution in [0.5, 0.6) is 0 Å². The lowest BCUT2D eigenvalue weighted by Crippen LogP contribution is -2.29. The van der Waals surface area contributed by atoms with Crippen molar-refractivity contribution < 1.29 is 4.79 Å². The number of rotatable bonds is 7. The van der Waals surface area contributed by atoms with Crippen LogP contribution >= 0.6 is 0 Å². The number of carbonyl (C=O) groups is 1. The van der Waals surface area contributed by atoms with E-state index in [0.717, 1.165) is 18.7 Å². The van der Waals surface area contributed by atoms with Crippen molar-refractivity contribution in [1.82, 2.24) is 5.32 Å². The summed E-state index contributed by atoms with van der Waals surface area (Å²) in [6.07, 6.45) is 6.05. The van der Waals surface area contributed by atoms with Gasteiger partial charge in [0.2, 0.25) is 0 Å². The minimum absolute atomic E-state index is 0.119. The van der Waals surface area contributed by atoms with Crippen molar-refractivity contribution in [2.24, 2.45) is 0 Å². The molecule has 3 nitrogen and oxygen atoms in total. The summed E-state index contributed by atoms with van der Waals surface area (Å²) in [4.78, 5) is 11.5. The summed E-state index contributed by atoms with van der Waals surface area (Å²) < 4.78 is 0. The lowest BCUT2D eigenvalue weighted by molar-refractivity contribution is 0.252. The quantitative estimate of drug-likeness (QED) is 0.693. The molecule has 0 atom stereocenters. The Hall–Kier alpha value is -1.51. The highest BCUT2D eigenvalue weighted by Gasteiger charge is 1.99. The molecule has 2 amide bonds. The molecule has 0 heterocycles. The summed E-state index contributed by atoms with van der Waals surface area (Å²) in [5.41, 5.74) is 0.830. The second-order valence-electron chi connectivity index (χ2n) is 4.16. The largest absolute Gasteiger partial charge is 0.338 e. The van der Waals surface area contributed by atoms with Gasteiger partial charge in [-0.2, -0.15) is 0 Å². The fraction of sp³-hybridized carbons (Fsp3) is 0.500. The van der Waals surface area contributed by atoms with E-state index < -0.39 is 0 Å². The van der Waals surface area contributed by atoms with E-state index in [2.05, 4.69) is 17.6 Å². The topological polar surface area (TPSA) is 41.1 Å². The smallest absolute Gasteiger partial charge is 0.319 e. The van der Waals surface area contributed by atoms with Crippen LogP contribution in [-0.2, 0) is 0 Å². The average molecular weight is 234 g/mol. The Kier molecular flexibility index (Phi) is 6.87. The van der Waals surface area contributed by atoms with Gasteiger partial charge in [0.25, 0.3) is 0 Å². The van der Waals surface area contributed by atoms with Crippen LogP contribution in [0.15, 0.2) is 30.3 Å². The van der Waals surface area contributed by atoms with Crippen molar-refractivity contribution in [3.8, 4) is 0 Å². The Labute approximate surface area is 104 Å². The van der Waals surface area contributed by atoms with E-state index in [0.29, 0.717) is 0 Å². The Morgan fingerprint density at radius 2 is 1.76 bits per heavy atom. The monoisotopic (exact) mass is 234 g/mol. The highest BCUT2D eigenvalue weighted by Crippen LogP contribution is 2.04. The highest BCUT2D eigenvalue weighted by atomic mass is 16.2. The predicted octanol–water partition coefficient (Wildman–Crippen LogP) is 3.78. The molecule has 1 rings (SSSR count). The van der Waals surface area contributed by atoms with Gasteiger partial charge in [0, 0.05) is 12.2 Å². The first-order valence-corrected chi connectivity index (χ1v) is 6.43. The summed E-state index contributed by atoms with van der Waals surface area (Å²) in [5.74, 6) is 0. The standard InChI is InChI=1S/C14H22N2O/c1-2-3-4-5-9-12-15-14(17)16-13-10-7-6-8-11-13/h6-8,10-11H,2-5,9,12H2,1H3,(H2,15,16,17). The first kappa shape index (κ1) is 13.6. The van der Waals surface area contributed by atoms with E-state index in [1.165, 1.54) is 25.7 Å². The SMILES string of the molecule is CCCCCCCNC(=O)Nc1ccccc1. The Morgan fingerprint density at radius 3 is 2.47 bits per heavy atom. The van der Waals surface area contributed by atoms with Crippen LogP contribution in [0.2, 0.25) is 0 Å². The van der Waals surface area contributed by atoms with Gasteiger partial charge in [0.1, 0.15) is 0 Å². The van der Waals surface area contributed by atoms with Crippen LogP contribution in [0.4, 0.5) is 10.5 Å². The van der Waals surface area contributed by atoms with Crippen LogP contribution in [0.25, 0.3) is 0 Å². The van der Waals surface area contributed by atoms with Crippen molar-refractivity contribution in [3.05, 3.63) is 30.3 Å². The van der Waals surface area contributed by atoms with Crippen LogP contribution in [-0.4, -0.2) is 12.6 Å². The van der Waals surface area contributed by atoms with Crippen LogP contribution < -0.4 is 10.6 Å². The van der Waals surface area contributed by atoms with Crippen LogP contribution in [0.1, 0.15) is 39.0 Å². The van der Waals surface area contributed by atoms with Gasteiger partial charge in [-0.25, -0.2) is 4.79 Å². The molecule has 0 saturated carbocycles. The number of carbonyl (C=O) groups excluding carboxylic acids is 1. The molecule has 1 aromatic carbocycles. The van der Waals surface area contributed by atoms with Gasteiger partial charge in [-0.05, 0) is 18.6 Å². The summed E-state index contributed by atoms with van der Waals surface area (Å²) in [6, 6.07) is 9.37. The van der Waals surface area contributed by atoms with Crippen molar-refractivity contribution >= 4 is 11.7 Å². The fourth-order valence-electron chi connectivity index (χ4n) is 1.63. The number of nitrogens with one attached hydrogen (secondary N) is 2. The van der Waals surface area contributed by atoms with E-state index in [1.54, 1.807) is 0 Å². The molecule has 0 saturated heterocycles. The molecular formula is C14H22N2O. The zero-order valence-electron chi connectivity index (χ0n) is 10.5. The average Bonchev–Trinajstić information content (AvgIpc) is 2.35. The second-order valence-corrected chi connectivity index (χ2v) is 4.16. The molecule has 0 spiro atoms. The summed E-state index contributed by atoms with van der Waals surface area (Å²) in [7, 11) is 0. The molecule has 0 bridgehead atoms. The number of unbranched alkanes of at least 4 members (excludes halogenated alkanes) is 4. The highest BCUT2D eigenvalue weighted by molar-refractivity contribution is 5.89. The molecule has 1 aromatic rings. The molecule has 0 fully saturated rings. The van der Waals surface area contributed by atoms with E-state index in [-0.39, 0.29) is 6.03 Å². The van der Waals surface area contributed by atoms with Gasteiger partial charge in [0.15, 0.2) is 0 Å². The van der Waals surface area contributed by atoms with E-state index in [1.807, 2.05) is 30.3 Å². The summed E-state index contributed by atoms with van der Waals surface area (Å²) in [5, 5.41) is 5.65. The lowest BCUT2D eigenvalue weighted by atomic mass is 10.1. The summed E-state index contributed by atoms with van der Waals surface area (Å²) in [6.45, 7) is 2.95. The number of anilines is 1. The molecule has 3 heteroatoms. The number of amides is 2. The number of para-hydroxylation sites is 1. The first-order valence-electron chi connectivity index (χ1n) is 6.43. The van der Waals surface area contributed by atoms with Crippen LogP contribution in [0.3, 0.4) is 0 Å². The number of hydrogen-bond donors (Lipinski definition) is 2. The fourth-order valence-corrected chi connectivity index (χ4v) is 1.63. The van der Waals surface area contributed by atoms with Crippen LogP contribution in [0, 0.1) is 0 Å². The zero-order valence-corrected chi connectivity index (χ0v) is 10.5. The van der Waals surface area contributed by atoms with E-state index in [4.69, 9.17) is 0 Å². The molecule has 0 aliphatic carbocycles. The van der Waals surface area contributed by atoms with E-state index in [9.17, 15) is 4.79 Å². The molecule has 0 radical (unpaired) electrons. The maximum Gasteiger partial charge on any atom is 0.319 e. The Balaban J connectivity index is 2.06. The van der Waals surface area contributed by atoms with Crippen molar-refractivity contribution in [1.29, 1.82) is 0 Å². The van der Waals surface area contributed by atoms with Crippen molar-refractivity contribution in [2.45, 2.75) is 39.0 Å². The minimum Gasteiger partial charge on any atom is -0.338 e. The third-order valence-corrected chi connectivity index (χ3v) is 2.60. The second kappa shape index (κ2) is 8.62. The molecule has 0 aromatic heterocycles. The molecule has 0 unspecified atom stereocenters. The van der Waals surface area contributed by atoms with Gasteiger partial charge >= 0.3 is 6.03 Å². The maximum atomic E-state index is 11.5. The van der Waals surface area contributed by atoms with Crippen molar-refractivity contribution in [2.75, 3.05) is 11.9 Å². The molecule has 17 heavy (non-hydrogen) atoms. The Bertz CT molecular complexity index is 311. The summed E-state index contributed by atoms with van der Waals surface area (Å²) >= 11 is 0. The molecular weight excluding hydrogens is 212 g/mol. The number of benzene rings is 1. The molecule has 94 valence electrons. The third-order valence-electron chi connectivity index (χ3n) is 2.60. The van der Waals surface area contributed by atoms with Gasteiger partial charge in [-0.1, -0.05) is 50.8 Å². The van der Waals surface area contributed by atoms with Gasteiger partial charge < -0.3 is 10.6 Å². The minimum atomic E-state index is -0.119. The van der Waals surface area contributed by atoms with Gasteiger partial charge in [0.05, 0.1) is 0 Å². The lowest BCUT2D eigenvalue weighted by Gasteiger charge is -2.07. The zero-order chi connectivity index (χ0) is 12.3. The maximum absolute atomic E-state index is 11.5.